The average Bonchev–Trinajstić information content (AvgIpc) is 2.50. The quantitative estimate of drug-likeness (QED) is 0.696. The average molecular weight is 342 g/mol. The Balaban J connectivity index is 1.99. The summed E-state index contributed by atoms with van der Waals surface area (Å²) in [6.07, 6.45) is 1.72. The molecular weight excluding hydrogens is 330 g/mol. The highest BCUT2D eigenvalue weighted by atomic mass is 79.9. The molecule has 1 aromatic heterocycles. The summed E-state index contributed by atoms with van der Waals surface area (Å²) in [5.74, 6) is -0.245. The molecule has 3 rings (SSSR count). The van der Waals surface area contributed by atoms with Gasteiger partial charge in [-0.3, -0.25) is 9.78 Å². The third-order valence-electron chi connectivity index (χ3n) is 3.15. The van der Waals surface area contributed by atoms with Crippen LogP contribution in [0.4, 0.5) is 11.4 Å². The van der Waals surface area contributed by atoms with Crippen LogP contribution in [0.3, 0.4) is 0 Å². The van der Waals surface area contributed by atoms with E-state index in [9.17, 15) is 4.79 Å². The van der Waals surface area contributed by atoms with Gasteiger partial charge in [0, 0.05) is 21.7 Å². The molecule has 0 aliphatic carbocycles. The fraction of sp³-hybridized carbons (Fsp3) is 0. The van der Waals surface area contributed by atoms with Crippen LogP contribution in [0.5, 0.6) is 0 Å². The molecule has 0 saturated carbocycles. The normalized spacial score (nSPS) is 10.5. The summed E-state index contributed by atoms with van der Waals surface area (Å²) >= 11 is 3.34. The van der Waals surface area contributed by atoms with Crippen molar-refractivity contribution in [2.24, 2.45) is 0 Å². The molecule has 0 aliphatic heterocycles. The number of hydrogen-bond donors (Lipinski definition) is 2. The molecule has 0 fully saturated rings. The molecule has 21 heavy (non-hydrogen) atoms. The number of nitrogens with two attached hydrogens (primary N) is 1. The van der Waals surface area contributed by atoms with Crippen molar-refractivity contribution in [2.75, 3.05) is 11.1 Å². The number of hydrogen-bond acceptors (Lipinski definition) is 3. The molecule has 0 saturated heterocycles. The number of rotatable bonds is 2. The Kier molecular flexibility index (Phi) is 3.58. The summed E-state index contributed by atoms with van der Waals surface area (Å²) < 4.78 is 0.807. The summed E-state index contributed by atoms with van der Waals surface area (Å²) in [4.78, 5) is 16.7. The predicted octanol–water partition coefficient (Wildman–Crippen LogP) is 3.83. The molecule has 0 radical (unpaired) electrons. The first kappa shape index (κ1) is 13.6. The number of nitrogens with zero attached hydrogens (tertiary/aromatic N) is 1. The fourth-order valence-corrected chi connectivity index (χ4v) is 2.49. The summed E-state index contributed by atoms with van der Waals surface area (Å²) in [5.41, 5.74) is 8.28. The second-order valence-corrected chi connectivity index (χ2v) is 5.48. The van der Waals surface area contributed by atoms with Crippen LogP contribution in [0.1, 0.15) is 10.4 Å². The van der Waals surface area contributed by atoms with Crippen LogP contribution in [0.25, 0.3) is 10.9 Å². The van der Waals surface area contributed by atoms with Gasteiger partial charge < -0.3 is 11.1 Å². The predicted molar refractivity (Wildman–Crippen MR) is 88.3 cm³/mol. The van der Waals surface area contributed by atoms with E-state index < -0.39 is 0 Å². The number of pyridine rings is 1. The maximum atomic E-state index is 12.4. The van der Waals surface area contributed by atoms with Gasteiger partial charge in [-0.05, 0) is 42.5 Å². The van der Waals surface area contributed by atoms with E-state index in [1.807, 2.05) is 30.3 Å². The van der Waals surface area contributed by atoms with Crippen LogP contribution >= 0.6 is 15.9 Å². The number of nitrogen functional groups attached to an aromatic ring is 1. The third-order valence-corrected chi connectivity index (χ3v) is 3.65. The summed E-state index contributed by atoms with van der Waals surface area (Å²) in [5, 5.41) is 3.78. The van der Waals surface area contributed by atoms with E-state index in [0.29, 0.717) is 16.9 Å². The Morgan fingerprint density at radius 3 is 2.86 bits per heavy atom. The zero-order valence-corrected chi connectivity index (χ0v) is 12.6. The molecular formula is C16H12BrN3O. The highest BCUT2D eigenvalue weighted by Crippen LogP contribution is 2.24. The maximum Gasteiger partial charge on any atom is 0.257 e. The molecule has 1 amide bonds. The lowest BCUT2D eigenvalue weighted by Crippen LogP contribution is -2.14. The van der Waals surface area contributed by atoms with E-state index in [2.05, 4.69) is 26.2 Å². The van der Waals surface area contributed by atoms with Gasteiger partial charge in [0.2, 0.25) is 0 Å². The molecule has 1 heterocycles. The van der Waals surface area contributed by atoms with E-state index >= 15 is 0 Å². The van der Waals surface area contributed by atoms with Crippen molar-refractivity contribution in [2.45, 2.75) is 0 Å². The van der Waals surface area contributed by atoms with Crippen LogP contribution in [0, 0.1) is 0 Å². The van der Waals surface area contributed by atoms with E-state index in [4.69, 9.17) is 5.73 Å². The largest absolute Gasteiger partial charge is 0.398 e. The number of amides is 1. The van der Waals surface area contributed by atoms with E-state index in [-0.39, 0.29) is 5.91 Å². The zero-order valence-electron chi connectivity index (χ0n) is 11.0. The van der Waals surface area contributed by atoms with E-state index in [1.54, 1.807) is 24.4 Å². The minimum absolute atomic E-state index is 0.245. The Bertz CT molecular complexity index is 827. The fourth-order valence-electron chi connectivity index (χ4n) is 2.13. The molecule has 4 nitrogen and oxygen atoms in total. The summed E-state index contributed by atoms with van der Waals surface area (Å²) in [6.45, 7) is 0. The lowest BCUT2D eigenvalue weighted by atomic mass is 10.1. The van der Waals surface area contributed by atoms with Crippen molar-refractivity contribution >= 4 is 44.1 Å². The van der Waals surface area contributed by atoms with Gasteiger partial charge in [-0.1, -0.05) is 22.0 Å². The van der Waals surface area contributed by atoms with E-state index in [0.717, 1.165) is 15.4 Å². The van der Waals surface area contributed by atoms with Crippen molar-refractivity contribution in [3.05, 3.63) is 64.8 Å². The van der Waals surface area contributed by atoms with Gasteiger partial charge >= 0.3 is 0 Å². The smallest absolute Gasteiger partial charge is 0.257 e. The first-order chi connectivity index (χ1) is 10.1. The Morgan fingerprint density at radius 1 is 1.14 bits per heavy atom. The molecule has 2 aromatic carbocycles. The standard InChI is InChI=1S/C16H12BrN3O/c17-10-6-7-13(18)12(9-10)16(21)20-15-5-1-4-14-11(15)3-2-8-19-14/h1-9H,18H2,(H,20,21). The van der Waals surface area contributed by atoms with Crippen molar-refractivity contribution < 1.29 is 4.79 Å². The van der Waals surface area contributed by atoms with Gasteiger partial charge in [0.25, 0.3) is 5.91 Å². The number of halogens is 1. The van der Waals surface area contributed by atoms with Gasteiger partial charge in [-0.25, -0.2) is 0 Å². The van der Waals surface area contributed by atoms with Gasteiger partial charge in [-0.2, -0.15) is 0 Å². The van der Waals surface area contributed by atoms with Crippen molar-refractivity contribution in [1.29, 1.82) is 0 Å². The molecule has 0 spiro atoms. The maximum absolute atomic E-state index is 12.4. The van der Waals surface area contributed by atoms with Crippen LogP contribution in [0.2, 0.25) is 0 Å². The number of benzene rings is 2. The Hall–Kier alpha value is -2.40. The minimum Gasteiger partial charge on any atom is -0.398 e. The van der Waals surface area contributed by atoms with Crippen LogP contribution < -0.4 is 11.1 Å². The monoisotopic (exact) mass is 341 g/mol. The first-order valence-electron chi connectivity index (χ1n) is 6.35. The number of aromatic nitrogens is 1. The second kappa shape index (κ2) is 5.54. The minimum atomic E-state index is -0.245. The highest BCUT2D eigenvalue weighted by Gasteiger charge is 2.12. The van der Waals surface area contributed by atoms with Crippen molar-refractivity contribution in [1.82, 2.24) is 4.98 Å². The number of fused-ring (bicyclic) bond motifs is 1. The molecule has 5 heteroatoms. The third kappa shape index (κ3) is 2.73. The molecule has 104 valence electrons. The SMILES string of the molecule is Nc1ccc(Br)cc1C(=O)Nc1cccc2ncccc12. The van der Waals surface area contributed by atoms with Gasteiger partial charge in [0.15, 0.2) is 0 Å². The van der Waals surface area contributed by atoms with Crippen molar-refractivity contribution in [3.8, 4) is 0 Å². The number of nitrogens with one attached hydrogen (secondary N) is 1. The zero-order chi connectivity index (χ0) is 14.8. The Labute approximate surface area is 130 Å². The van der Waals surface area contributed by atoms with Crippen LogP contribution in [-0.2, 0) is 0 Å². The lowest BCUT2D eigenvalue weighted by Gasteiger charge is -2.10. The summed E-state index contributed by atoms with van der Waals surface area (Å²) in [6, 6.07) is 14.6. The first-order valence-corrected chi connectivity index (χ1v) is 7.14. The topological polar surface area (TPSA) is 68.0 Å². The second-order valence-electron chi connectivity index (χ2n) is 4.56. The molecule has 0 aliphatic rings. The number of anilines is 2. The molecule has 0 unspecified atom stereocenters. The Morgan fingerprint density at radius 2 is 2.00 bits per heavy atom. The molecule has 0 atom stereocenters. The summed E-state index contributed by atoms with van der Waals surface area (Å²) in [7, 11) is 0. The number of carbonyl (C=O) groups is 1. The van der Waals surface area contributed by atoms with E-state index in [1.165, 1.54) is 0 Å². The van der Waals surface area contributed by atoms with Crippen LogP contribution in [0.15, 0.2) is 59.2 Å². The molecule has 3 aromatic rings. The van der Waals surface area contributed by atoms with Crippen molar-refractivity contribution in [3.63, 3.8) is 0 Å². The van der Waals surface area contributed by atoms with Gasteiger partial charge in [0.1, 0.15) is 0 Å². The molecule has 3 N–H and O–H groups in total. The van der Waals surface area contributed by atoms with Gasteiger partial charge in [-0.15, -0.1) is 0 Å². The number of carbonyl (C=O) groups excluding carboxylic acids is 1. The van der Waals surface area contributed by atoms with Crippen LogP contribution in [-0.4, -0.2) is 10.9 Å². The molecule has 0 bridgehead atoms. The highest BCUT2D eigenvalue weighted by molar-refractivity contribution is 9.10. The lowest BCUT2D eigenvalue weighted by molar-refractivity contribution is 0.102. The van der Waals surface area contributed by atoms with Gasteiger partial charge in [0.05, 0.1) is 16.8 Å².